The number of nitrogens with two attached hydrogens (primary N) is 1. The molecule has 0 aliphatic rings. The minimum Gasteiger partial charge on any atom is -0.478 e. The van der Waals surface area contributed by atoms with E-state index >= 15 is 0 Å². The van der Waals surface area contributed by atoms with Gasteiger partial charge in [-0.05, 0) is 24.6 Å². The average Bonchev–Trinajstić information content (AvgIpc) is 2.70. The van der Waals surface area contributed by atoms with Gasteiger partial charge >= 0.3 is 0 Å². The van der Waals surface area contributed by atoms with Crippen LogP contribution in [0.3, 0.4) is 0 Å². The van der Waals surface area contributed by atoms with E-state index in [0.29, 0.717) is 35.4 Å². The summed E-state index contributed by atoms with van der Waals surface area (Å²) in [5.41, 5.74) is 7.85. The second kappa shape index (κ2) is 5.68. The lowest BCUT2D eigenvalue weighted by Gasteiger charge is -2.11. The second-order valence-corrected chi connectivity index (χ2v) is 4.48. The lowest BCUT2D eigenvalue weighted by Crippen LogP contribution is -2.07. The largest absolute Gasteiger partial charge is 0.478 e. The van der Waals surface area contributed by atoms with Crippen LogP contribution in [0.25, 0.3) is 0 Å². The summed E-state index contributed by atoms with van der Waals surface area (Å²) < 4.78 is 7.27. The molecule has 2 aromatic rings. The Kier molecular flexibility index (Phi) is 3.98. The van der Waals surface area contributed by atoms with Crippen LogP contribution in [-0.4, -0.2) is 11.2 Å². The Balaban J connectivity index is 2.37. The molecule has 4 nitrogen and oxygen atoms in total. The molecule has 1 aromatic carbocycles. The van der Waals surface area contributed by atoms with E-state index in [-0.39, 0.29) is 0 Å². The number of hydrogen-bond donors (Lipinski definition) is 1. The van der Waals surface area contributed by atoms with Crippen LogP contribution in [0.5, 0.6) is 5.88 Å². The van der Waals surface area contributed by atoms with Gasteiger partial charge in [-0.3, -0.25) is 4.57 Å². The van der Waals surface area contributed by atoms with Gasteiger partial charge in [0.05, 0.1) is 18.8 Å². The molecule has 2 rings (SSSR count). The lowest BCUT2D eigenvalue weighted by atomic mass is 10.2. The number of ether oxygens (including phenoxy) is 1. The first-order valence-electron chi connectivity index (χ1n) is 5.92. The van der Waals surface area contributed by atoms with Gasteiger partial charge in [-0.25, -0.2) is 0 Å². The number of benzene rings is 1. The van der Waals surface area contributed by atoms with Crippen LogP contribution in [-0.2, 0) is 6.54 Å². The first-order valence-corrected chi connectivity index (χ1v) is 6.29. The summed E-state index contributed by atoms with van der Waals surface area (Å²) in [6.45, 7) is 2.90. The Morgan fingerprint density at radius 2 is 2.05 bits per heavy atom. The molecule has 1 aromatic heterocycles. The average molecular weight is 276 g/mol. The van der Waals surface area contributed by atoms with Crippen molar-refractivity contribution in [3.05, 3.63) is 46.6 Å². The molecule has 0 fully saturated rings. The fourth-order valence-electron chi connectivity index (χ4n) is 1.87. The monoisotopic (exact) mass is 275 g/mol. The van der Waals surface area contributed by atoms with Crippen LogP contribution >= 0.6 is 11.6 Å². The van der Waals surface area contributed by atoms with Crippen molar-refractivity contribution >= 4 is 17.3 Å². The van der Waals surface area contributed by atoms with Gasteiger partial charge in [0.25, 0.3) is 0 Å². The number of nitriles is 1. The molecule has 0 saturated carbocycles. The summed E-state index contributed by atoms with van der Waals surface area (Å²) in [5.74, 6) is 0.536. The number of halogens is 1. The zero-order chi connectivity index (χ0) is 13.8. The van der Waals surface area contributed by atoms with Crippen molar-refractivity contribution < 1.29 is 4.74 Å². The molecule has 0 radical (unpaired) electrons. The molecule has 0 saturated heterocycles. The van der Waals surface area contributed by atoms with Crippen LogP contribution in [0.15, 0.2) is 30.3 Å². The van der Waals surface area contributed by atoms with E-state index in [0.717, 1.165) is 5.56 Å². The highest BCUT2D eigenvalue weighted by Crippen LogP contribution is 2.27. The number of nitrogen functional groups attached to an aromatic ring is 1. The number of hydrogen-bond acceptors (Lipinski definition) is 3. The van der Waals surface area contributed by atoms with E-state index in [1.165, 1.54) is 0 Å². The van der Waals surface area contributed by atoms with E-state index in [2.05, 4.69) is 6.07 Å². The standard InChI is InChI=1S/C14H14ClN3O/c1-2-19-14-13(17)7-12(8-16)18(14)9-10-3-5-11(15)6-4-10/h3-7H,2,9,17H2,1H3. The van der Waals surface area contributed by atoms with Crippen LogP contribution < -0.4 is 10.5 Å². The summed E-state index contributed by atoms with van der Waals surface area (Å²) in [7, 11) is 0. The molecule has 5 heteroatoms. The van der Waals surface area contributed by atoms with Gasteiger partial charge in [0.2, 0.25) is 5.88 Å². The Labute approximate surface area is 117 Å². The van der Waals surface area contributed by atoms with Crippen molar-refractivity contribution in [3.63, 3.8) is 0 Å². The summed E-state index contributed by atoms with van der Waals surface area (Å²) in [5, 5.41) is 9.83. The molecule has 0 spiro atoms. The summed E-state index contributed by atoms with van der Waals surface area (Å²) in [6, 6.07) is 11.2. The number of nitrogens with zero attached hydrogens (tertiary/aromatic N) is 2. The molecule has 19 heavy (non-hydrogen) atoms. The molecular weight excluding hydrogens is 262 g/mol. The highest BCUT2D eigenvalue weighted by atomic mass is 35.5. The Morgan fingerprint density at radius 1 is 1.37 bits per heavy atom. The first-order chi connectivity index (χ1) is 9.15. The number of rotatable bonds is 4. The molecule has 2 N–H and O–H groups in total. The molecule has 0 amide bonds. The molecule has 0 aliphatic heterocycles. The van der Waals surface area contributed by atoms with Crippen LogP contribution in [0, 0.1) is 11.3 Å². The van der Waals surface area contributed by atoms with Gasteiger partial charge in [0.1, 0.15) is 11.8 Å². The Hall–Kier alpha value is -2.12. The van der Waals surface area contributed by atoms with Crippen molar-refractivity contribution in [2.75, 3.05) is 12.3 Å². The van der Waals surface area contributed by atoms with Gasteiger partial charge in [-0.15, -0.1) is 0 Å². The predicted octanol–water partition coefficient (Wildman–Crippen LogP) is 3.04. The fourth-order valence-corrected chi connectivity index (χ4v) is 2.00. The van der Waals surface area contributed by atoms with E-state index in [1.807, 2.05) is 31.2 Å². The minimum atomic E-state index is 0.479. The summed E-state index contributed by atoms with van der Waals surface area (Å²) in [4.78, 5) is 0. The first kappa shape index (κ1) is 13.3. The third kappa shape index (κ3) is 2.83. The number of anilines is 1. The molecule has 0 aliphatic carbocycles. The van der Waals surface area contributed by atoms with E-state index in [9.17, 15) is 0 Å². The van der Waals surface area contributed by atoms with Gasteiger partial charge in [-0.1, -0.05) is 23.7 Å². The van der Waals surface area contributed by atoms with Gasteiger partial charge in [0, 0.05) is 11.1 Å². The second-order valence-electron chi connectivity index (χ2n) is 4.05. The smallest absolute Gasteiger partial charge is 0.218 e. The van der Waals surface area contributed by atoms with Crippen molar-refractivity contribution in [2.24, 2.45) is 0 Å². The molecule has 98 valence electrons. The molecule has 0 bridgehead atoms. The van der Waals surface area contributed by atoms with Crippen molar-refractivity contribution in [1.82, 2.24) is 4.57 Å². The lowest BCUT2D eigenvalue weighted by molar-refractivity contribution is 0.313. The van der Waals surface area contributed by atoms with Crippen LogP contribution in [0.2, 0.25) is 5.02 Å². The van der Waals surface area contributed by atoms with Gasteiger partial charge in [-0.2, -0.15) is 5.26 Å². The third-order valence-corrected chi connectivity index (χ3v) is 2.98. The highest BCUT2D eigenvalue weighted by molar-refractivity contribution is 6.30. The summed E-state index contributed by atoms with van der Waals surface area (Å²) in [6.07, 6.45) is 0. The van der Waals surface area contributed by atoms with E-state index in [4.69, 9.17) is 27.3 Å². The maximum atomic E-state index is 9.14. The van der Waals surface area contributed by atoms with Gasteiger partial charge < -0.3 is 10.5 Å². The maximum Gasteiger partial charge on any atom is 0.218 e. The Morgan fingerprint density at radius 3 is 2.63 bits per heavy atom. The molecule has 0 unspecified atom stereocenters. The Bertz CT molecular complexity index is 611. The molecule has 1 heterocycles. The molecular formula is C14H14ClN3O. The minimum absolute atomic E-state index is 0.479. The van der Waals surface area contributed by atoms with Crippen molar-refractivity contribution in [1.29, 1.82) is 5.26 Å². The quantitative estimate of drug-likeness (QED) is 0.933. The topological polar surface area (TPSA) is 64.0 Å². The number of aromatic nitrogens is 1. The predicted molar refractivity (Wildman–Crippen MR) is 75.3 cm³/mol. The van der Waals surface area contributed by atoms with Crippen LogP contribution in [0.1, 0.15) is 18.2 Å². The molecule has 0 atom stereocenters. The maximum absolute atomic E-state index is 9.14. The van der Waals surface area contributed by atoms with Crippen molar-refractivity contribution in [2.45, 2.75) is 13.5 Å². The zero-order valence-corrected chi connectivity index (χ0v) is 11.3. The third-order valence-electron chi connectivity index (χ3n) is 2.72. The summed E-state index contributed by atoms with van der Waals surface area (Å²) >= 11 is 5.85. The fraction of sp³-hybridized carbons (Fsp3) is 0.214. The van der Waals surface area contributed by atoms with Gasteiger partial charge in [0.15, 0.2) is 0 Å². The van der Waals surface area contributed by atoms with E-state index < -0.39 is 0 Å². The van der Waals surface area contributed by atoms with E-state index in [1.54, 1.807) is 10.6 Å². The SMILES string of the molecule is CCOc1c(N)cc(C#N)n1Cc1ccc(Cl)cc1. The van der Waals surface area contributed by atoms with Crippen LogP contribution in [0.4, 0.5) is 5.69 Å². The van der Waals surface area contributed by atoms with Crippen molar-refractivity contribution in [3.8, 4) is 11.9 Å². The normalized spacial score (nSPS) is 10.2. The highest BCUT2D eigenvalue weighted by Gasteiger charge is 2.14. The zero-order valence-electron chi connectivity index (χ0n) is 10.6.